The van der Waals surface area contributed by atoms with E-state index in [-0.39, 0.29) is 5.11 Å². The summed E-state index contributed by atoms with van der Waals surface area (Å²) in [6, 6.07) is 15.5. The van der Waals surface area contributed by atoms with E-state index in [2.05, 4.69) is 48.6 Å². The molecule has 38 heavy (non-hydrogen) atoms. The summed E-state index contributed by atoms with van der Waals surface area (Å²) in [5.74, 6) is 2.68. The van der Waals surface area contributed by atoms with Crippen LogP contribution in [0.1, 0.15) is 11.4 Å². The van der Waals surface area contributed by atoms with Crippen LogP contribution in [0.4, 0.5) is 17.5 Å². The summed E-state index contributed by atoms with van der Waals surface area (Å²) in [5, 5.41) is 8.44. The Balaban J connectivity index is 1.38. The van der Waals surface area contributed by atoms with Gasteiger partial charge in [-0.1, -0.05) is 23.7 Å². The second kappa shape index (κ2) is 11.5. The summed E-state index contributed by atoms with van der Waals surface area (Å²) in [7, 11) is 1.59. The van der Waals surface area contributed by atoms with Crippen LogP contribution >= 0.6 is 35.4 Å². The number of piperazine rings is 1. The zero-order valence-electron chi connectivity index (χ0n) is 21.2. The van der Waals surface area contributed by atoms with Gasteiger partial charge in [0.05, 0.1) is 17.5 Å². The third-order valence-electron chi connectivity index (χ3n) is 6.05. The Morgan fingerprint density at radius 1 is 1.03 bits per heavy atom. The Labute approximate surface area is 235 Å². The molecule has 3 heterocycles. The van der Waals surface area contributed by atoms with E-state index in [9.17, 15) is 0 Å². The fourth-order valence-corrected chi connectivity index (χ4v) is 5.47. The van der Waals surface area contributed by atoms with Crippen molar-refractivity contribution in [3.05, 3.63) is 64.9 Å². The number of hydrogen-bond acceptors (Lipinski definition) is 7. The van der Waals surface area contributed by atoms with Crippen LogP contribution in [0.15, 0.2) is 53.5 Å². The molecule has 2 aromatic carbocycles. The molecule has 1 fully saturated rings. The van der Waals surface area contributed by atoms with Gasteiger partial charge in [0.2, 0.25) is 17.0 Å². The average Bonchev–Trinajstić information content (AvgIpc) is 3.32. The topological polar surface area (TPSA) is 90.8 Å². The number of anilines is 3. The number of aryl methyl sites for hydroxylation is 2. The van der Waals surface area contributed by atoms with Gasteiger partial charge in [-0.05, 0) is 74.0 Å². The SMILES string of the molecule is COc1ccc(Cl)cc1NC(=S)/N=C(/Nc1nc(C)cc(C)n1)N1CCN(c2nsc3ccccc23)CC1. The number of benzene rings is 2. The number of nitrogens with zero attached hydrogens (tertiary/aromatic N) is 6. The van der Waals surface area contributed by atoms with Crippen LogP contribution in [0.5, 0.6) is 5.75 Å². The normalized spacial score (nSPS) is 14.1. The number of halogens is 1. The van der Waals surface area contributed by atoms with E-state index in [1.165, 1.54) is 21.6 Å². The number of aliphatic imine (C=N–C) groups is 1. The highest BCUT2D eigenvalue weighted by Crippen LogP contribution is 2.30. The molecule has 0 saturated carbocycles. The molecule has 1 saturated heterocycles. The second-order valence-corrected chi connectivity index (χ2v) is 10.4. The summed E-state index contributed by atoms with van der Waals surface area (Å²) in [6.07, 6.45) is 0. The molecule has 0 amide bonds. The molecule has 12 heteroatoms. The largest absolute Gasteiger partial charge is 0.495 e. The molecule has 1 aliphatic heterocycles. The van der Waals surface area contributed by atoms with Crippen molar-refractivity contribution < 1.29 is 4.74 Å². The number of ether oxygens (including phenoxy) is 1. The highest BCUT2D eigenvalue weighted by Gasteiger charge is 2.24. The highest BCUT2D eigenvalue weighted by atomic mass is 35.5. The number of methoxy groups -OCH3 is 1. The Bertz CT molecular complexity index is 1480. The first-order valence-corrected chi connectivity index (χ1v) is 13.6. The van der Waals surface area contributed by atoms with Gasteiger partial charge in [0.1, 0.15) is 11.6 Å². The number of fused-ring (bicyclic) bond motifs is 1. The van der Waals surface area contributed by atoms with E-state index in [0.717, 1.165) is 30.3 Å². The van der Waals surface area contributed by atoms with E-state index >= 15 is 0 Å². The standard InChI is InChI=1S/C26H27ClN8OS2/c1-16-14-17(2)29-24(28-16)31-25(32-26(37)30-20-15-18(27)8-9-21(20)36-3)35-12-10-34(11-13-35)23-19-6-4-5-7-22(19)38-33-23/h4-9,14-15H,10-13H2,1-3H3,(H2,28,29,30,31,32,37). The van der Waals surface area contributed by atoms with E-state index in [0.29, 0.717) is 41.5 Å². The minimum Gasteiger partial charge on any atom is -0.495 e. The van der Waals surface area contributed by atoms with Gasteiger partial charge in [-0.2, -0.15) is 9.37 Å². The van der Waals surface area contributed by atoms with Crippen molar-refractivity contribution in [1.29, 1.82) is 0 Å². The van der Waals surface area contributed by atoms with Crippen LogP contribution in [0.3, 0.4) is 0 Å². The summed E-state index contributed by atoms with van der Waals surface area (Å²) in [4.78, 5) is 18.3. The van der Waals surface area contributed by atoms with Gasteiger partial charge < -0.3 is 19.9 Å². The van der Waals surface area contributed by atoms with E-state index < -0.39 is 0 Å². The molecule has 2 N–H and O–H groups in total. The van der Waals surface area contributed by atoms with Crippen LogP contribution in [0, 0.1) is 13.8 Å². The zero-order chi connectivity index (χ0) is 26.6. The predicted octanol–water partition coefficient (Wildman–Crippen LogP) is 5.35. The lowest BCUT2D eigenvalue weighted by atomic mass is 10.2. The minimum atomic E-state index is 0.255. The summed E-state index contributed by atoms with van der Waals surface area (Å²) >= 11 is 13.3. The molecule has 0 radical (unpaired) electrons. The quantitative estimate of drug-likeness (QED) is 0.193. The molecule has 0 spiro atoms. The number of rotatable bonds is 4. The number of thiocarbonyl (C=S) groups is 1. The molecule has 5 rings (SSSR count). The van der Waals surface area contributed by atoms with Gasteiger partial charge in [-0.3, -0.25) is 5.32 Å². The molecule has 0 aliphatic carbocycles. The van der Waals surface area contributed by atoms with Gasteiger partial charge in [-0.25, -0.2) is 9.97 Å². The second-order valence-electron chi connectivity index (χ2n) is 8.79. The molecular formula is C26H27ClN8OS2. The average molecular weight is 567 g/mol. The fraction of sp³-hybridized carbons (Fsp3) is 0.269. The molecule has 2 aromatic heterocycles. The van der Waals surface area contributed by atoms with Crippen LogP contribution < -0.4 is 20.3 Å². The van der Waals surface area contributed by atoms with Crippen molar-refractivity contribution in [2.24, 2.45) is 4.99 Å². The third-order valence-corrected chi connectivity index (χ3v) is 7.30. The number of hydrogen-bond donors (Lipinski definition) is 2. The van der Waals surface area contributed by atoms with Gasteiger partial charge in [0.25, 0.3) is 0 Å². The Morgan fingerprint density at radius 3 is 2.50 bits per heavy atom. The van der Waals surface area contributed by atoms with Crippen molar-refractivity contribution in [2.75, 3.05) is 48.8 Å². The minimum absolute atomic E-state index is 0.255. The van der Waals surface area contributed by atoms with Gasteiger partial charge in [-0.15, -0.1) is 0 Å². The highest BCUT2D eigenvalue weighted by molar-refractivity contribution is 7.80. The van der Waals surface area contributed by atoms with Crippen molar-refractivity contribution in [3.8, 4) is 5.75 Å². The summed E-state index contributed by atoms with van der Waals surface area (Å²) in [6.45, 7) is 6.86. The Kier molecular flexibility index (Phi) is 7.87. The molecular weight excluding hydrogens is 540 g/mol. The monoisotopic (exact) mass is 566 g/mol. The number of guanidine groups is 1. The molecule has 0 bridgehead atoms. The maximum atomic E-state index is 6.19. The summed E-state index contributed by atoms with van der Waals surface area (Å²) < 4.78 is 11.3. The van der Waals surface area contributed by atoms with Crippen LogP contribution in [-0.2, 0) is 0 Å². The zero-order valence-corrected chi connectivity index (χ0v) is 23.6. The first-order valence-electron chi connectivity index (χ1n) is 12.1. The van der Waals surface area contributed by atoms with E-state index in [4.69, 9.17) is 37.9 Å². The maximum Gasteiger partial charge on any atom is 0.229 e. The van der Waals surface area contributed by atoms with Gasteiger partial charge in [0, 0.05) is 48.0 Å². The first kappa shape index (κ1) is 26.1. The van der Waals surface area contributed by atoms with Crippen molar-refractivity contribution >= 4 is 74.0 Å². The van der Waals surface area contributed by atoms with Crippen molar-refractivity contribution in [3.63, 3.8) is 0 Å². The van der Waals surface area contributed by atoms with Crippen LogP contribution in [-0.4, -0.2) is 63.6 Å². The van der Waals surface area contributed by atoms with Gasteiger partial charge in [0.15, 0.2) is 0 Å². The third kappa shape index (κ3) is 5.95. The lowest BCUT2D eigenvalue weighted by Crippen LogP contribution is -2.51. The number of aromatic nitrogens is 3. The Hall–Kier alpha value is -3.54. The molecule has 9 nitrogen and oxygen atoms in total. The lowest BCUT2D eigenvalue weighted by molar-refractivity contribution is 0.384. The molecule has 0 unspecified atom stereocenters. The molecule has 0 atom stereocenters. The fourth-order valence-electron chi connectivity index (χ4n) is 4.31. The Morgan fingerprint density at radius 2 is 1.76 bits per heavy atom. The molecule has 1 aliphatic rings. The predicted molar refractivity (Wildman–Crippen MR) is 160 cm³/mol. The van der Waals surface area contributed by atoms with Gasteiger partial charge >= 0.3 is 0 Å². The lowest BCUT2D eigenvalue weighted by Gasteiger charge is -2.36. The van der Waals surface area contributed by atoms with Crippen molar-refractivity contribution in [1.82, 2.24) is 19.2 Å². The number of nitrogens with one attached hydrogen (secondary N) is 2. The smallest absolute Gasteiger partial charge is 0.229 e. The van der Waals surface area contributed by atoms with Crippen molar-refractivity contribution in [2.45, 2.75) is 13.8 Å². The van der Waals surface area contributed by atoms with E-state index in [1.54, 1.807) is 25.3 Å². The summed E-state index contributed by atoms with van der Waals surface area (Å²) in [5.41, 5.74) is 2.36. The van der Waals surface area contributed by atoms with E-state index in [1.807, 2.05) is 26.0 Å². The maximum absolute atomic E-state index is 6.19. The first-order chi connectivity index (χ1) is 18.4. The van der Waals surface area contributed by atoms with Crippen LogP contribution in [0.2, 0.25) is 5.02 Å². The molecule has 196 valence electrons. The molecule has 4 aromatic rings. The van der Waals surface area contributed by atoms with Crippen LogP contribution in [0.25, 0.3) is 10.1 Å².